The summed E-state index contributed by atoms with van der Waals surface area (Å²) in [5.41, 5.74) is 14.5. The van der Waals surface area contributed by atoms with E-state index in [1.807, 2.05) is 0 Å². The van der Waals surface area contributed by atoms with E-state index >= 15 is 0 Å². The first kappa shape index (κ1) is 17.8. The number of fused-ring (bicyclic) bond motifs is 1. The van der Waals surface area contributed by atoms with Crippen LogP contribution in [0.25, 0.3) is 17.2 Å². The predicted molar refractivity (Wildman–Crippen MR) is 102 cm³/mol. The van der Waals surface area contributed by atoms with Crippen molar-refractivity contribution in [1.82, 2.24) is 0 Å². The predicted octanol–water partition coefficient (Wildman–Crippen LogP) is 5.89. The second-order valence-corrected chi connectivity index (χ2v) is 18.0. The quantitative estimate of drug-likeness (QED) is 0.540. The maximum atomic E-state index is 6.11. The van der Waals surface area contributed by atoms with Gasteiger partial charge in [-0.3, -0.25) is 0 Å². The van der Waals surface area contributed by atoms with Gasteiger partial charge in [0.1, 0.15) is 0 Å². The van der Waals surface area contributed by atoms with Crippen LogP contribution in [0.3, 0.4) is 0 Å². The molecule has 1 atom stereocenters. The van der Waals surface area contributed by atoms with Gasteiger partial charge >= 0.3 is 155 Å². The van der Waals surface area contributed by atoms with Crippen molar-refractivity contribution in [3.63, 3.8) is 0 Å². The molecule has 0 heterocycles. The second kappa shape index (κ2) is 6.72. The van der Waals surface area contributed by atoms with Gasteiger partial charge in [0.15, 0.2) is 0 Å². The molecule has 0 radical (unpaired) electrons. The van der Waals surface area contributed by atoms with Crippen molar-refractivity contribution in [2.24, 2.45) is 5.73 Å². The zero-order chi connectivity index (χ0) is 17.5. The first-order valence-electron chi connectivity index (χ1n) is 8.78. The molecule has 1 unspecified atom stereocenters. The van der Waals surface area contributed by atoms with Crippen LogP contribution >= 0.6 is 0 Å². The van der Waals surface area contributed by atoms with E-state index in [0.29, 0.717) is 6.54 Å². The van der Waals surface area contributed by atoms with Crippen molar-refractivity contribution in [2.75, 3.05) is 0 Å². The van der Waals surface area contributed by atoms with E-state index in [1.54, 1.807) is 5.56 Å². The monoisotopic (exact) mass is 486 g/mol. The van der Waals surface area contributed by atoms with Crippen LogP contribution in [0.15, 0.2) is 42.5 Å². The summed E-state index contributed by atoms with van der Waals surface area (Å²) in [6.07, 6.45) is 4.80. The Hall–Kier alpha value is -0.990. The Morgan fingerprint density at radius 1 is 1.04 bits per heavy atom. The molecule has 1 nitrogen and oxygen atoms in total. The molecular weight excluding hydrogens is 457 g/mol. The summed E-state index contributed by atoms with van der Waals surface area (Å²) < 4.78 is 5.75. The summed E-state index contributed by atoms with van der Waals surface area (Å²) in [6, 6.07) is 13.7. The van der Waals surface area contributed by atoms with Gasteiger partial charge in [0.2, 0.25) is 0 Å². The maximum absolute atomic E-state index is 6.11. The van der Waals surface area contributed by atoms with Gasteiger partial charge in [-0.1, -0.05) is 0 Å². The summed E-state index contributed by atoms with van der Waals surface area (Å²) in [6.45, 7) is 7.35. The molecule has 0 spiro atoms. The Bertz CT molecular complexity index is 781. The van der Waals surface area contributed by atoms with Gasteiger partial charge in [-0.25, -0.2) is 0 Å². The summed E-state index contributed by atoms with van der Waals surface area (Å²) in [4.78, 5) is 0. The molecule has 2 N–H and O–H groups in total. The number of hydrogen-bond acceptors (Lipinski definition) is 1. The molecule has 0 bridgehead atoms. The molecule has 0 aliphatic heterocycles. The number of nitrogens with two attached hydrogens (primary N) is 1. The molecule has 125 valence electrons. The molecule has 1 aliphatic carbocycles. The molecule has 0 aromatic heterocycles. The number of rotatable bonds is 3. The third-order valence-corrected chi connectivity index (χ3v) is 11.3. The van der Waals surface area contributed by atoms with Crippen LogP contribution in [0.5, 0.6) is 0 Å². The van der Waals surface area contributed by atoms with E-state index in [2.05, 4.69) is 78.7 Å². The van der Waals surface area contributed by atoms with Crippen LogP contribution in [-0.2, 0) is 33.4 Å². The number of benzene rings is 2. The summed E-state index contributed by atoms with van der Waals surface area (Å²) in [5.74, 6) is 0. The Kier molecular flexibility index (Phi) is 4.99. The second-order valence-electron chi connectivity index (χ2n) is 8.05. The molecule has 2 heteroatoms. The van der Waals surface area contributed by atoms with Crippen molar-refractivity contribution in [2.45, 2.75) is 45.8 Å². The molecule has 2 aromatic rings. The van der Waals surface area contributed by atoms with E-state index in [4.69, 9.17) is 5.73 Å². The fourth-order valence-corrected chi connectivity index (χ4v) is 8.43. The minimum atomic E-state index is -1.46. The van der Waals surface area contributed by atoms with E-state index in [0.717, 1.165) is 3.67 Å². The normalized spacial score (nSPS) is 16.3. The first-order valence-corrected chi connectivity index (χ1v) is 18.0. The SMILES string of the molecule is [CH3][Hf]([CH3])[CH]1C=Cc2c(-c3ccc(C(C)(C)C)cc3CN)cccc21. The molecule has 0 fully saturated rings. The molecule has 3 rings (SSSR count). The van der Waals surface area contributed by atoms with Crippen molar-refractivity contribution >= 4 is 6.08 Å². The van der Waals surface area contributed by atoms with Gasteiger partial charge in [0.05, 0.1) is 0 Å². The van der Waals surface area contributed by atoms with Crippen LogP contribution < -0.4 is 5.73 Å². The average Bonchev–Trinajstić information content (AvgIpc) is 2.97. The van der Waals surface area contributed by atoms with Gasteiger partial charge in [0.25, 0.3) is 0 Å². The van der Waals surface area contributed by atoms with E-state index < -0.39 is 21.4 Å². The van der Waals surface area contributed by atoms with Gasteiger partial charge in [-0.2, -0.15) is 0 Å². The summed E-state index contributed by atoms with van der Waals surface area (Å²) in [5, 5.41) is 0. The average molecular weight is 485 g/mol. The Balaban J connectivity index is 2.13. The third-order valence-electron chi connectivity index (χ3n) is 5.03. The van der Waals surface area contributed by atoms with Crippen LogP contribution in [0.4, 0.5) is 0 Å². The van der Waals surface area contributed by atoms with Crippen LogP contribution in [-0.4, -0.2) is 0 Å². The number of allylic oxidation sites excluding steroid dienone is 1. The summed E-state index contributed by atoms with van der Waals surface area (Å²) in [7, 11) is 0. The molecule has 2 aromatic carbocycles. The zero-order valence-corrected chi connectivity index (χ0v) is 19.1. The molecule has 24 heavy (non-hydrogen) atoms. The summed E-state index contributed by atoms with van der Waals surface area (Å²) >= 11 is -1.46. The van der Waals surface area contributed by atoms with Crippen molar-refractivity contribution < 1.29 is 21.4 Å². The van der Waals surface area contributed by atoms with Crippen molar-refractivity contribution in [3.05, 3.63) is 64.7 Å². The van der Waals surface area contributed by atoms with Crippen molar-refractivity contribution in [1.29, 1.82) is 0 Å². The zero-order valence-electron chi connectivity index (χ0n) is 15.5. The minimum absolute atomic E-state index is 0.151. The topological polar surface area (TPSA) is 26.0 Å². The van der Waals surface area contributed by atoms with Crippen LogP contribution in [0.1, 0.15) is 46.7 Å². The standard InChI is InChI=1S/C20H22N.2CH3.Hf/c1-20(2,3)16-10-11-18(15(12-16)13-21)19-9-5-7-14-6-4-8-17(14)19;;;/h4-12H,13,21H2,1-3H3;2*1H3;. The fraction of sp³-hybridized carbons (Fsp3) is 0.364. The van der Waals surface area contributed by atoms with E-state index in [1.165, 1.54) is 27.8 Å². The molecule has 1 aliphatic rings. The molecular formula is C22H28HfN. The van der Waals surface area contributed by atoms with Gasteiger partial charge in [0, 0.05) is 0 Å². The van der Waals surface area contributed by atoms with Gasteiger partial charge in [-0.05, 0) is 0 Å². The Morgan fingerprint density at radius 3 is 2.42 bits per heavy atom. The van der Waals surface area contributed by atoms with E-state index in [-0.39, 0.29) is 5.41 Å². The van der Waals surface area contributed by atoms with Gasteiger partial charge in [-0.15, -0.1) is 0 Å². The fourth-order valence-electron chi connectivity index (χ4n) is 3.57. The Labute approximate surface area is 154 Å². The first-order chi connectivity index (χ1) is 11.3. The van der Waals surface area contributed by atoms with Crippen molar-refractivity contribution in [3.8, 4) is 11.1 Å². The van der Waals surface area contributed by atoms with Crippen LogP contribution in [0, 0.1) is 0 Å². The van der Waals surface area contributed by atoms with Crippen LogP contribution in [0.2, 0.25) is 9.36 Å². The van der Waals surface area contributed by atoms with E-state index in [9.17, 15) is 0 Å². The number of hydrogen-bond donors (Lipinski definition) is 1. The van der Waals surface area contributed by atoms with Gasteiger partial charge < -0.3 is 0 Å². The molecule has 0 saturated carbocycles. The molecule has 0 amide bonds. The molecule has 0 saturated heterocycles. The third kappa shape index (κ3) is 3.23. The Morgan fingerprint density at radius 2 is 1.79 bits per heavy atom.